The largest absolute Gasteiger partial charge is 0.477 e. The van der Waals surface area contributed by atoms with Crippen molar-refractivity contribution in [2.45, 2.75) is 4.90 Å². The van der Waals surface area contributed by atoms with Crippen molar-refractivity contribution >= 4 is 49.2 Å². The van der Waals surface area contributed by atoms with Gasteiger partial charge in [-0.05, 0) is 22.0 Å². The van der Waals surface area contributed by atoms with Gasteiger partial charge in [-0.25, -0.2) is 17.9 Å². The van der Waals surface area contributed by atoms with Gasteiger partial charge in [0.2, 0.25) is 15.9 Å². The topological polar surface area (TPSA) is 127 Å². The summed E-state index contributed by atoms with van der Waals surface area (Å²) in [6.45, 7) is -0.549. The van der Waals surface area contributed by atoms with Crippen molar-refractivity contribution in [3.63, 3.8) is 0 Å². The summed E-state index contributed by atoms with van der Waals surface area (Å²) < 4.78 is 25.4. The highest BCUT2D eigenvalue weighted by molar-refractivity contribution is 9.11. The van der Waals surface area contributed by atoms with Crippen molar-refractivity contribution in [2.75, 3.05) is 6.54 Å². The molecule has 94 valence electrons. The van der Waals surface area contributed by atoms with Gasteiger partial charge in [0.05, 0.1) is 10.3 Å². The molecular formula is C7H7BrN2O5S2. The Balaban J connectivity index is 3.07. The van der Waals surface area contributed by atoms with Crippen LogP contribution in [0.2, 0.25) is 0 Å². The molecule has 0 fully saturated rings. The highest BCUT2D eigenvalue weighted by Gasteiger charge is 2.23. The lowest BCUT2D eigenvalue weighted by Gasteiger charge is -2.02. The maximum atomic E-state index is 11.7. The molecule has 0 aliphatic carbocycles. The third-order valence-electron chi connectivity index (χ3n) is 1.59. The number of nitrogens with one attached hydrogen (secondary N) is 1. The van der Waals surface area contributed by atoms with Gasteiger partial charge in [-0.1, -0.05) is 0 Å². The molecule has 0 saturated heterocycles. The molecule has 1 aromatic heterocycles. The summed E-state index contributed by atoms with van der Waals surface area (Å²) in [6.07, 6.45) is 0. The molecule has 0 aliphatic rings. The van der Waals surface area contributed by atoms with Gasteiger partial charge in [0, 0.05) is 0 Å². The number of amides is 1. The summed E-state index contributed by atoms with van der Waals surface area (Å²) in [4.78, 5) is 20.8. The average Bonchev–Trinajstić information content (AvgIpc) is 2.58. The number of hydrogen-bond acceptors (Lipinski definition) is 5. The second kappa shape index (κ2) is 5.12. The standard InChI is InChI=1S/C7H7BrN2O5S2/c8-6-4(1-3(16-6)7(12)13)17(14,15)10-2-5(9)11/h1,10H,2H2,(H2,9,11)(H,12,13). The third-order valence-corrected chi connectivity index (χ3v) is 5.23. The van der Waals surface area contributed by atoms with E-state index in [0.29, 0.717) is 0 Å². The zero-order valence-electron chi connectivity index (χ0n) is 8.14. The van der Waals surface area contributed by atoms with Crippen molar-refractivity contribution in [3.8, 4) is 0 Å². The first-order valence-corrected chi connectivity index (χ1v) is 7.14. The summed E-state index contributed by atoms with van der Waals surface area (Å²) in [5, 5.41) is 8.71. The number of aromatic carboxylic acids is 1. The van der Waals surface area contributed by atoms with E-state index in [1.165, 1.54) is 0 Å². The van der Waals surface area contributed by atoms with Crippen molar-refractivity contribution < 1.29 is 23.1 Å². The molecule has 0 atom stereocenters. The fraction of sp³-hybridized carbons (Fsp3) is 0.143. The molecule has 0 bridgehead atoms. The molecular weight excluding hydrogens is 336 g/mol. The van der Waals surface area contributed by atoms with Gasteiger partial charge in [-0.3, -0.25) is 4.79 Å². The zero-order valence-corrected chi connectivity index (χ0v) is 11.4. The van der Waals surface area contributed by atoms with Gasteiger partial charge >= 0.3 is 5.97 Å². The van der Waals surface area contributed by atoms with E-state index in [1.807, 2.05) is 4.72 Å². The average molecular weight is 343 g/mol. The molecule has 0 unspecified atom stereocenters. The molecule has 1 rings (SSSR count). The van der Waals surface area contributed by atoms with Crippen molar-refractivity contribution in [1.82, 2.24) is 4.72 Å². The fourth-order valence-corrected chi connectivity index (χ4v) is 4.28. The molecule has 0 aromatic carbocycles. The van der Waals surface area contributed by atoms with Crippen molar-refractivity contribution in [1.29, 1.82) is 0 Å². The number of carbonyl (C=O) groups excluding carboxylic acids is 1. The Labute approximate surface area is 109 Å². The van der Waals surface area contributed by atoms with Crippen molar-refractivity contribution in [2.24, 2.45) is 5.73 Å². The Hall–Kier alpha value is -0.970. The third kappa shape index (κ3) is 3.49. The maximum absolute atomic E-state index is 11.7. The summed E-state index contributed by atoms with van der Waals surface area (Å²) in [5.74, 6) is -2.06. The van der Waals surface area contributed by atoms with E-state index in [-0.39, 0.29) is 13.6 Å². The van der Waals surface area contributed by atoms with Crippen LogP contribution in [0.1, 0.15) is 9.67 Å². The van der Waals surface area contributed by atoms with Gasteiger partial charge < -0.3 is 10.8 Å². The first-order valence-electron chi connectivity index (χ1n) is 4.04. The lowest BCUT2D eigenvalue weighted by atomic mass is 10.5. The van der Waals surface area contributed by atoms with Crippen LogP contribution in [0.3, 0.4) is 0 Å². The predicted molar refractivity (Wildman–Crippen MR) is 63.4 cm³/mol. The molecule has 0 saturated carbocycles. The van der Waals surface area contributed by atoms with E-state index in [9.17, 15) is 18.0 Å². The van der Waals surface area contributed by atoms with Crippen LogP contribution in [-0.2, 0) is 14.8 Å². The minimum Gasteiger partial charge on any atom is -0.477 e. The molecule has 7 nitrogen and oxygen atoms in total. The number of carboxylic acids is 1. The van der Waals surface area contributed by atoms with Crippen LogP contribution >= 0.6 is 27.3 Å². The number of hydrogen-bond donors (Lipinski definition) is 3. The summed E-state index contributed by atoms with van der Waals surface area (Å²) in [6, 6.07) is 1.00. The van der Waals surface area contributed by atoms with Gasteiger partial charge in [-0.15, -0.1) is 11.3 Å². The summed E-state index contributed by atoms with van der Waals surface area (Å²) in [7, 11) is -3.95. The molecule has 0 aliphatic heterocycles. The van der Waals surface area contributed by atoms with Crippen LogP contribution in [-0.4, -0.2) is 31.9 Å². The number of rotatable bonds is 5. The number of sulfonamides is 1. The van der Waals surface area contributed by atoms with Gasteiger partial charge in [0.15, 0.2) is 0 Å². The second-order valence-electron chi connectivity index (χ2n) is 2.84. The number of primary amides is 1. The predicted octanol–water partition coefficient (Wildman–Crippen LogP) is -0.0276. The van der Waals surface area contributed by atoms with E-state index in [0.717, 1.165) is 17.4 Å². The van der Waals surface area contributed by atoms with E-state index < -0.39 is 28.4 Å². The van der Waals surface area contributed by atoms with Gasteiger partial charge in [-0.2, -0.15) is 0 Å². The summed E-state index contributed by atoms with van der Waals surface area (Å²) in [5.41, 5.74) is 4.80. The van der Waals surface area contributed by atoms with E-state index >= 15 is 0 Å². The minimum atomic E-state index is -3.95. The molecule has 0 radical (unpaired) electrons. The lowest BCUT2D eigenvalue weighted by Crippen LogP contribution is -2.33. The Morgan fingerprint density at radius 2 is 2.12 bits per heavy atom. The second-order valence-corrected chi connectivity index (χ2v) is 6.95. The van der Waals surface area contributed by atoms with Crippen LogP contribution in [0.4, 0.5) is 0 Å². The first-order chi connectivity index (χ1) is 7.74. The molecule has 10 heteroatoms. The van der Waals surface area contributed by atoms with Crippen LogP contribution in [0, 0.1) is 0 Å². The van der Waals surface area contributed by atoms with Crippen LogP contribution in [0.5, 0.6) is 0 Å². The molecule has 1 aromatic rings. The maximum Gasteiger partial charge on any atom is 0.345 e. The van der Waals surface area contributed by atoms with Gasteiger partial charge in [0.1, 0.15) is 9.77 Å². The number of nitrogens with two attached hydrogens (primary N) is 1. The smallest absolute Gasteiger partial charge is 0.345 e. The SMILES string of the molecule is NC(=O)CNS(=O)(=O)c1cc(C(=O)O)sc1Br. The minimum absolute atomic E-state index is 0.128. The Morgan fingerprint density at radius 3 is 2.53 bits per heavy atom. The zero-order chi connectivity index (χ0) is 13.2. The normalized spacial score (nSPS) is 11.4. The molecule has 4 N–H and O–H groups in total. The first kappa shape index (κ1) is 14.1. The van der Waals surface area contributed by atoms with Crippen LogP contribution in [0.15, 0.2) is 14.7 Å². The highest BCUT2D eigenvalue weighted by atomic mass is 79.9. The van der Waals surface area contributed by atoms with Crippen molar-refractivity contribution in [3.05, 3.63) is 14.7 Å². The van der Waals surface area contributed by atoms with Gasteiger partial charge in [0.25, 0.3) is 0 Å². The van der Waals surface area contributed by atoms with E-state index in [1.54, 1.807) is 0 Å². The lowest BCUT2D eigenvalue weighted by molar-refractivity contribution is -0.116. The fourth-order valence-electron chi connectivity index (χ4n) is 0.885. The number of carboxylic acid groups (broad SMARTS) is 1. The molecule has 1 amide bonds. The number of halogens is 1. The Kier molecular flexibility index (Phi) is 4.25. The van der Waals surface area contributed by atoms with Crippen LogP contribution in [0.25, 0.3) is 0 Å². The molecule has 0 spiro atoms. The summed E-state index contributed by atoms with van der Waals surface area (Å²) >= 11 is 3.71. The van der Waals surface area contributed by atoms with E-state index in [4.69, 9.17) is 10.8 Å². The Morgan fingerprint density at radius 1 is 1.53 bits per heavy atom. The monoisotopic (exact) mass is 342 g/mol. The quantitative estimate of drug-likeness (QED) is 0.692. The Bertz CT molecular complexity index is 565. The molecule has 17 heavy (non-hydrogen) atoms. The highest BCUT2D eigenvalue weighted by Crippen LogP contribution is 2.31. The van der Waals surface area contributed by atoms with Crippen LogP contribution < -0.4 is 10.5 Å². The number of thiophene rings is 1. The molecule has 1 heterocycles. The van der Waals surface area contributed by atoms with E-state index in [2.05, 4.69) is 15.9 Å². The number of carbonyl (C=O) groups is 2.